The molecule has 9 rings (SSSR count). The van der Waals surface area contributed by atoms with Gasteiger partial charge < -0.3 is 44.2 Å². The van der Waals surface area contributed by atoms with E-state index in [1.807, 2.05) is 35.4 Å². The first-order valence-corrected chi connectivity index (χ1v) is 22.6. The number of ether oxygens (including phenoxy) is 4. The van der Waals surface area contributed by atoms with Crippen LogP contribution in [0.25, 0.3) is 10.9 Å². The molecule has 3 fully saturated rings. The number of esters is 3. The molecule has 1 amide bonds. The zero-order valence-corrected chi connectivity index (χ0v) is 38.4. The minimum absolute atomic E-state index is 0.0516. The molecule has 362 valence electrons. The number of benzene rings is 2. The van der Waals surface area contributed by atoms with Gasteiger partial charge in [-0.2, -0.15) is 13.2 Å². The third-order valence-electron chi connectivity index (χ3n) is 16.2. The highest BCUT2D eigenvalue weighted by Crippen LogP contribution is 2.68. The summed E-state index contributed by atoms with van der Waals surface area (Å²) in [6.07, 6.45) is -1.81. The number of carbonyl (C=O) groups excluding carboxylic acids is 4. The van der Waals surface area contributed by atoms with Crippen molar-refractivity contribution in [3.63, 3.8) is 0 Å². The molecule has 3 aromatic rings. The number of hydrogen-bond acceptors (Lipinski definition) is 12. The molecule has 2 saturated heterocycles. The van der Waals surface area contributed by atoms with Crippen LogP contribution in [0.1, 0.15) is 68.8 Å². The van der Waals surface area contributed by atoms with E-state index in [2.05, 4.69) is 9.88 Å². The Morgan fingerprint density at radius 3 is 2.34 bits per heavy atom. The zero-order chi connectivity index (χ0) is 48.4. The molecule has 10 atom stereocenters. The number of amides is 1. The number of hydrogen-bond donors (Lipinski definition) is 3. The van der Waals surface area contributed by atoms with Crippen molar-refractivity contribution >= 4 is 46.1 Å². The Labute approximate surface area is 384 Å². The van der Waals surface area contributed by atoms with Gasteiger partial charge in [0.1, 0.15) is 11.2 Å². The number of nitrogens with one attached hydrogen (secondary N) is 2. The molecular weight excluding hydrogens is 886 g/mol. The summed E-state index contributed by atoms with van der Waals surface area (Å²) in [6, 6.07) is 6.25. The quantitative estimate of drug-likeness (QED) is 0.111. The molecule has 6 heterocycles. The smallest absolute Gasteiger partial charge is 0.471 e. The Morgan fingerprint density at radius 1 is 0.970 bits per heavy atom. The van der Waals surface area contributed by atoms with Crippen LogP contribution in [0.3, 0.4) is 0 Å². The number of H-pyrrole nitrogens is 1. The van der Waals surface area contributed by atoms with Crippen LogP contribution in [0, 0.1) is 17.3 Å². The molecule has 2 bridgehead atoms. The number of rotatable bonds is 8. The van der Waals surface area contributed by atoms with Gasteiger partial charge in [0.15, 0.2) is 6.10 Å². The SMILES string of the molecule is CC[C@]12C=CCN3CC[C@@]4(c5cc([C@@]6(C(=O)OC)C[C@H]7C[C@@H](C(C)(F)F)CN(CCc8c6[nH]c6ccc(NC(=O)C(F)(F)F)cc86)C7)c(OC)cc5N(C)[C@H]4[C@@](O)(C(=O)OC)[C@@H]1OC(C)=O)[C@@H]32. The molecule has 1 aromatic heterocycles. The highest BCUT2D eigenvalue weighted by atomic mass is 19.4. The Bertz CT molecular complexity index is 2580. The number of aromatic amines is 1. The van der Waals surface area contributed by atoms with Crippen molar-refractivity contribution in [2.24, 2.45) is 17.3 Å². The van der Waals surface area contributed by atoms with Crippen LogP contribution >= 0.6 is 0 Å². The average molecular weight is 942 g/mol. The van der Waals surface area contributed by atoms with E-state index >= 15 is 13.6 Å². The molecule has 6 aliphatic rings. The van der Waals surface area contributed by atoms with Crippen LogP contribution in [0.15, 0.2) is 42.5 Å². The summed E-state index contributed by atoms with van der Waals surface area (Å²) >= 11 is 0. The standard InChI is InChI=1S/C48H56F5N5O9/c1-8-44-13-9-15-58-17-14-45(37(44)58)31-20-32(35(64-5)21-34(31)56(4)38(45)47(63,42(62)66-7)39(44)67-25(2)59)46(41(61)65-6)22-26-18-27(43(3,49)50)24-57(23-26)16-12-29-30-19-28(54-40(60)48(51,52)53)10-11-33(30)55-36(29)46/h9-11,13,19-21,26-27,37-39,55,63H,8,12,14-18,22-24H2,1-7H3,(H,54,60)/t26-,27-,37+,38-,39-,44-,45-,46+,47+/m1/s1. The molecule has 1 saturated carbocycles. The minimum atomic E-state index is -5.17. The molecule has 19 heteroatoms. The van der Waals surface area contributed by atoms with Crippen molar-refractivity contribution in [1.82, 2.24) is 14.8 Å². The molecule has 2 aromatic carbocycles. The van der Waals surface area contributed by atoms with Crippen molar-refractivity contribution in [1.29, 1.82) is 0 Å². The number of likely N-dealkylation sites (N-methyl/N-ethyl adjacent to an activating group) is 1. The predicted octanol–water partition coefficient (Wildman–Crippen LogP) is 5.62. The second-order valence-corrected chi connectivity index (χ2v) is 19.5. The van der Waals surface area contributed by atoms with Gasteiger partial charge >= 0.3 is 30.0 Å². The summed E-state index contributed by atoms with van der Waals surface area (Å²) < 4.78 is 95.0. The van der Waals surface area contributed by atoms with E-state index in [0.29, 0.717) is 71.5 Å². The number of nitrogens with zero attached hydrogens (tertiary/aromatic N) is 3. The molecule has 67 heavy (non-hydrogen) atoms. The monoisotopic (exact) mass is 941 g/mol. The fourth-order valence-corrected chi connectivity index (χ4v) is 13.8. The first kappa shape index (κ1) is 46.8. The van der Waals surface area contributed by atoms with Gasteiger partial charge in [-0.05, 0) is 86.9 Å². The van der Waals surface area contributed by atoms with Gasteiger partial charge in [0, 0.05) is 103 Å². The van der Waals surface area contributed by atoms with Gasteiger partial charge in [0.2, 0.25) is 11.5 Å². The fourth-order valence-electron chi connectivity index (χ4n) is 13.8. The van der Waals surface area contributed by atoms with Gasteiger partial charge in [-0.3, -0.25) is 19.3 Å². The van der Waals surface area contributed by atoms with Crippen molar-refractivity contribution in [3.05, 3.63) is 64.9 Å². The highest BCUT2D eigenvalue weighted by Gasteiger charge is 2.80. The Balaban J connectivity index is 1.35. The van der Waals surface area contributed by atoms with Crippen LogP contribution in [0.2, 0.25) is 0 Å². The van der Waals surface area contributed by atoms with Gasteiger partial charge in [0.25, 0.3) is 0 Å². The molecular formula is C48H56F5N5O9. The van der Waals surface area contributed by atoms with Crippen LogP contribution in [-0.4, -0.2) is 141 Å². The van der Waals surface area contributed by atoms with Crippen molar-refractivity contribution < 1.29 is 65.2 Å². The lowest BCUT2D eigenvalue weighted by Gasteiger charge is -2.63. The van der Waals surface area contributed by atoms with E-state index in [0.717, 1.165) is 14.0 Å². The van der Waals surface area contributed by atoms with Crippen LogP contribution < -0.4 is 15.0 Å². The van der Waals surface area contributed by atoms with Crippen LogP contribution in [0.4, 0.5) is 33.3 Å². The molecule has 1 spiro atoms. The highest BCUT2D eigenvalue weighted by molar-refractivity contribution is 5.99. The number of carbonyl (C=O) groups is 4. The molecule has 3 N–H and O–H groups in total. The molecule has 1 aliphatic carbocycles. The lowest BCUT2D eigenvalue weighted by Crippen LogP contribution is -2.81. The lowest BCUT2D eigenvalue weighted by atomic mass is 9.47. The zero-order valence-electron chi connectivity index (χ0n) is 38.4. The van der Waals surface area contributed by atoms with Crippen LogP contribution in [0.5, 0.6) is 5.75 Å². The molecule has 0 radical (unpaired) electrons. The molecule has 5 aliphatic heterocycles. The number of aromatic nitrogens is 1. The van der Waals surface area contributed by atoms with Gasteiger partial charge in [-0.15, -0.1) is 0 Å². The summed E-state index contributed by atoms with van der Waals surface area (Å²) in [5.74, 6) is -9.13. The predicted molar refractivity (Wildman–Crippen MR) is 234 cm³/mol. The summed E-state index contributed by atoms with van der Waals surface area (Å²) in [5.41, 5.74) is -3.97. The van der Waals surface area contributed by atoms with Gasteiger partial charge in [-0.1, -0.05) is 19.1 Å². The van der Waals surface area contributed by atoms with E-state index in [9.17, 15) is 32.7 Å². The number of halogens is 5. The number of piperidine rings is 1. The third kappa shape index (κ3) is 6.63. The maximum Gasteiger partial charge on any atom is 0.471 e. The Morgan fingerprint density at radius 2 is 1.70 bits per heavy atom. The number of anilines is 2. The van der Waals surface area contributed by atoms with E-state index in [-0.39, 0.29) is 43.8 Å². The maximum atomic E-state index is 15.5. The number of aliphatic hydroxyl groups is 1. The van der Waals surface area contributed by atoms with E-state index in [4.69, 9.17) is 18.9 Å². The summed E-state index contributed by atoms with van der Waals surface area (Å²) in [4.78, 5) is 64.5. The summed E-state index contributed by atoms with van der Waals surface area (Å²) in [6.45, 7) is 5.72. The van der Waals surface area contributed by atoms with E-state index < -0.39 is 87.8 Å². The average Bonchev–Trinajstić information content (AvgIpc) is 3.94. The van der Waals surface area contributed by atoms with Gasteiger partial charge in [0.05, 0.1) is 27.4 Å². The minimum Gasteiger partial charge on any atom is -0.496 e. The van der Waals surface area contributed by atoms with E-state index in [1.165, 1.54) is 39.3 Å². The second kappa shape index (κ2) is 15.9. The molecule has 1 unspecified atom stereocenters. The Kier molecular flexibility index (Phi) is 11.1. The van der Waals surface area contributed by atoms with Crippen LogP contribution in [-0.2, 0) is 50.6 Å². The van der Waals surface area contributed by atoms with Gasteiger partial charge in [-0.25, -0.2) is 13.6 Å². The van der Waals surface area contributed by atoms with Crippen molar-refractivity contribution in [2.45, 2.75) is 99.6 Å². The number of fused-ring (bicyclic) bond motifs is 6. The summed E-state index contributed by atoms with van der Waals surface area (Å²) in [7, 11) is 5.56. The second-order valence-electron chi connectivity index (χ2n) is 19.5. The maximum absolute atomic E-state index is 15.5. The summed E-state index contributed by atoms with van der Waals surface area (Å²) in [5, 5.41) is 15.7. The normalized spacial score (nSPS) is 33.3. The molecule has 14 nitrogen and oxygen atoms in total. The first-order valence-electron chi connectivity index (χ1n) is 22.6. The fraction of sp³-hybridized carbons (Fsp3) is 0.583. The Hall–Kier alpha value is -5.27. The van der Waals surface area contributed by atoms with E-state index in [1.54, 1.807) is 18.0 Å². The van der Waals surface area contributed by atoms with Crippen molar-refractivity contribution in [3.8, 4) is 5.75 Å². The first-order chi connectivity index (χ1) is 31.6. The number of alkyl halides is 5. The van der Waals surface area contributed by atoms with Crippen molar-refractivity contribution in [2.75, 3.05) is 71.3 Å². The number of methoxy groups -OCH3 is 3. The topological polar surface area (TPSA) is 163 Å². The third-order valence-corrected chi connectivity index (χ3v) is 16.2. The largest absolute Gasteiger partial charge is 0.496 e. The lowest BCUT2D eigenvalue weighted by molar-refractivity contribution is -0.228.